The number of methoxy groups -OCH3 is 1. The van der Waals surface area contributed by atoms with Crippen LogP contribution in [-0.2, 0) is 4.74 Å². The van der Waals surface area contributed by atoms with E-state index in [4.69, 9.17) is 0 Å². The van der Waals surface area contributed by atoms with E-state index in [1.54, 1.807) is 12.3 Å². The quantitative estimate of drug-likeness (QED) is 0.696. The standard InChI is InChI=1S/C10H10N2O2/c1-6-3-4-7(10(13)14-2)8-5-11-12-9(6)8/h3-5H,1-2H3,(H,11,12). The van der Waals surface area contributed by atoms with Crippen molar-refractivity contribution in [2.75, 3.05) is 7.11 Å². The van der Waals surface area contributed by atoms with Crippen LogP contribution in [0.5, 0.6) is 0 Å². The van der Waals surface area contributed by atoms with Gasteiger partial charge in [0.15, 0.2) is 0 Å². The van der Waals surface area contributed by atoms with Crippen LogP contribution in [0.25, 0.3) is 10.9 Å². The predicted molar refractivity (Wildman–Crippen MR) is 52.2 cm³/mol. The molecule has 0 aliphatic rings. The number of carbonyl (C=O) groups excluding carboxylic acids is 1. The lowest BCUT2D eigenvalue weighted by atomic mass is 10.1. The van der Waals surface area contributed by atoms with E-state index in [-0.39, 0.29) is 5.97 Å². The van der Waals surface area contributed by atoms with E-state index in [1.807, 2.05) is 13.0 Å². The number of hydrogen-bond donors (Lipinski definition) is 1. The first-order chi connectivity index (χ1) is 6.74. The Morgan fingerprint density at radius 2 is 2.29 bits per heavy atom. The van der Waals surface area contributed by atoms with E-state index in [9.17, 15) is 4.79 Å². The summed E-state index contributed by atoms with van der Waals surface area (Å²) in [7, 11) is 1.37. The first-order valence-corrected chi connectivity index (χ1v) is 4.25. The number of carbonyl (C=O) groups is 1. The molecule has 0 fully saturated rings. The van der Waals surface area contributed by atoms with Gasteiger partial charge in [0.05, 0.1) is 24.4 Å². The summed E-state index contributed by atoms with van der Waals surface area (Å²) >= 11 is 0. The number of esters is 1. The summed E-state index contributed by atoms with van der Waals surface area (Å²) in [5, 5.41) is 7.56. The first kappa shape index (κ1) is 8.74. The highest BCUT2D eigenvalue weighted by atomic mass is 16.5. The lowest BCUT2D eigenvalue weighted by molar-refractivity contribution is 0.0603. The zero-order valence-corrected chi connectivity index (χ0v) is 8.00. The Morgan fingerprint density at radius 1 is 1.50 bits per heavy atom. The summed E-state index contributed by atoms with van der Waals surface area (Å²) in [4.78, 5) is 11.4. The molecule has 0 spiro atoms. The fourth-order valence-corrected chi connectivity index (χ4v) is 1.46. The van der Waals surface area contributed by atoms with Gasteiger partial charge in [-0.25, -0.2) is 4.79 Å². The molecule has 0 atom stereocenters. The number of nitrogens with zero attached hydrogens (tertiary/aromatic N) is 1. The fourth-order valence-electron chi connectivity index (χ4n) is 1.46. The SMILES string of the molecule is COC(=O)c1ccc(C)c2[nH]ncc12. The summed E-state index contributed by atoms with van der Waals surface area (Å²) in [5.74, 6) is -0.337. The number of aromatic amines is 1. The van der Waals surface area contributed by atoms with Crippen molar-refractivity contribution >= 4 is 16.9 Å². The Bertz CT molecular complexity index is 488. The molecule has 0 radical (unpaired) electrons. The van der Waals surface area contributed by atoms with Gasteiger partial charge in [0, 0.05) is 5.39 Å². The maximum atomic E-state index is 11.4. The van der Waals surface area contributed by atoms with Crippen molar-refractivity contribution in [3.8, 4) is 0 Å². The van der Waals surface area contributed by atoms with Crippen molar-refractivity contribution in [2.24, 2.45) is 0 Å². The van der Waals surface area contributed by atoms with Crippen molar-refractivity contribution in [3.63, 3.8) is 0 Å². The second-order valence-corrected chi connectivity index (χ2v) is 3.08. The van der Waals surface area contributed by atoms with Gasteiger partial charge < -0.3 is 4.74 Å². The minimum absolute atomic E-state index is 0.337. The number of hydrogen-bond acceptors (Lipinski definition) is 3. The van der Waals surface area contributed by atoms with E-state index in [1.165, 1.54) is 7.11 Å². The van der Waals surface area contributed by atoms with Crippen molar-refractivity contribution in [3.05, 3.63) is 29.5 Å². The van der Waals surface area contributed by atoms with Crippen LogP contribution in [0, 0.1) is 6.92 Å². The summed E-state index contributed by atoms with van der Waals surface area (Å²) in [6.45, 7) is 1.96. The van der Waals surface area contributed by atoms with Crippen molar-refractivity contribution < 1.29 is 9.53 Å². The molecule has 0 saturated heterocycles. The summed E-state index contributed by atoms with van der Waals surface area (Å²) in [6, 6.07) is 3.62. The smallest absolute Gasteiger partial charge is 0.338 e. The molecule has 0 bridgehead atoms. The molecule has 0 saturated carbocycles. The largest absolute Gasteiger partial charge is 0.465 e. The molecule has 0 amide bonds. The molecule has 0 unspecified atom stereocenters. The van der Waals surface area contributed by atoms with Crippen LogP contribution in [0.15, 0.2) is 18.3 Å². The molecule has 1 heterocycles. The predicted octanol–water partition coefficient (Wildman–Crippen LogP) is 1.66. The molecule has 14 heavy (non-hydrogen) atoms. The lowest BCUT2D eigenvalue weighted by Gasteiger charge is -2.01. The van der Waals surface area contributed by atoms with Gasteiger partial charge in [0.1, 0.15) is 0 Å². The van der Waals surface area contributed by atoms with Gasteiger partial charge >= 0.3 is 5.97 Å². The van der Waals surface area contributed by atoms with Gasteiger partial charge in [-0.1, -0.05) is 6.07 Å². The number of benzene rings is 1. The highest BCUT2D eigenvalue weighted by Gasteiger charge is 2.12. The van der Waals surface area contributed by atoms with E-state index in [2.05, 4.69) is 14.9 Å². The molecular weight excluding hydrogens is 180 g/mol. The molecule has 4 heteroatoms. The van der Waals surface area contributed by atoms with Gasteiger partial charge in [-0.3, -0.25) is 5.10 Å². The van der Waals surface area contributed by atoms with Crippen molar-refractivity contribution in [1.29, 1.82) is 0 Å². The number of fused-ring (bicyclic) bond motifs is 1. The van der Waals surface area contributed by atoms with Crippen LogP contribution in [0.3, 0.4) is 0 Å². The van der Waals surface area contributed by atoms with Crippen LogP contribution in [0.1, 0.15) is 15.9 Å². The second kappa shape index (κ2) is 3.14. The maximum Gasteiger partial charge on any atom is 0.338 e. The number of ether oxygens (including phenoxy) is 1. The number of aryl methyl sites for hydroxylation is 1. The monoisotopic (exact) mass is 190 g/mol. The molecule has 2 aromatic rings. The normalized spacial score (nSPS) is 10.4. The van der Waals surface area contributed by atoms with E-state index >= 15 is 0 Å². The topological polar surface area (TPSA) is 55.0 Å². The Balaban J connectivity index is 2.72. The Kier molecular flexibility index (Phi) is 1.96. The molecule has 1 aromatic carbocycles. The molecule has 72 valence electrons. The highest BCUT2D eigenvalue weighted by molar-refractivity contribution is 6.04. The maximum absolute atomic E-state index is 11.4. The van der Waals surface area contributed by atoms with Gasteiger partial charge in [0.2, 0.25) is 0 Å². The fraction of sp³-hybridized carbons (Fsp3) is 0.200. The van der Waals surface area contributed by atoms with E-state index < -0.39 is 0 Å². The number of H-pyrrole nitrogens is 1. The lowest BCUT2D eigenvalue weighted by Crippen LogP contribution is -2.01. The van der Waals surface area contributed by atoms with Gasteiger partial charge in [-0.2, -0.15) is 5.10 Å². The Labute approximate surface area is 80.9 Å². The summed E-state index contributed by atoms with van der Waals surface area (Å²) < 4.78 is 4.67. The third-order valence-electron chi connectivity index (χ3n) is 2.23. The summed E-state index contributed by atoms with van der Waals surface area (Å²) in [6.07, 6.45) is 1.63. The Morgan fingerprint density at radius 3 is 3.00 bits per heavy atom. The Hall–Kier alpha value is -1.84. The van der Waals surface area contributed by atoms with Gasteiger partial charge in [0.25, 0.3) is 0 Å². The van der Waals surface area contributed by atoms with Crippen molar-refractivity contribution in [1.82, 2.24) is 10.2 Å². The van der Waals surface area contributed by atoms with Crippen LogP contribution in [-0.4, -0.2) is 23.3 Å². The molecular formula is C10H10N2O2. The zero-order valence-electron chi connectivity index (χ0n) is 8.00. The molecule has 1 N–H and O–H groups in total. The number of nitrogens with one attached hydrogen (secondary N) is 1. The van der Waals surface area contributed by atoms with Crippen LogP contribution < -0.4 is 0 Å². The minimum atomic E-state index is -0.337. The molecule has 0 aliphatic heterocycles. The summed E-state index contributed by atoms with van der Waals surface area (Å²) in [5.41, 5.74) is 2.49. The zero-order chi connectivity index (χ0) is 10.1. The average molecular weight is 190 g/mol. The van der Waals surface area contributed by atoms with Gasteiger partial charge in [-0.15, -0.1) is 0 Å². The van der Waals surface area contributed by atoms with Crippen LogP contribution in [0.4, 0.5) is 0 Å². The molecule has 4 nitrogen and oxygen atoms in total. The van der Waals surface area contributed by atoms with Crippen LogP contribution >= 0.6 is 0 Å². The number of aromatic nitrogens is 2. The third-order valence-corrected chi connectivity index (χ3v) is 2.23. The number of rotatable bonds is 1. The third kappa shape index (κ3) is 1.16. The first-order valence-electron chi connectivity index (χ1n) is 4.25. The van der Waals surface area contributed by atoms with Gasteiger partial charge in [-0.05, 0) is 18.6 Å². The van der Waals surface area contributed by atoms with E-state index in [0.29, 0.717) is 5.56 Å². The van der Waals surface area contributed by atoms with E-state index in [0.717, 1.165) is 16.5 Å². The minimum Gasteiger partial charge on any atom is -0.465 e. The second-order valence-electron chi connectivity index (χ2n) is 3.08. The average Bonchev–Trinajstić information content (AvgIpc) is 2.67. The molecule has 1 aromatic heterocycles. The highest BCUT2D eigenvalue weighted by Crippen LogP contribution is 2.20. The molecule has 0 aliphatic carbocycles. The van der Waals surface area contributed by atoms with Crippen LogP contribution in [0.2, 0.25) is 0 Å². The van der Waals surface area contributed by atoms with Crippen molar-refractivity contribution in [2.45, 2.75) is 6.92 Å². The molecule has 2 rings (SSSR count).